The zero-order valence-corrected chi connectivity index (χ0v) is 27.9. The maximum Gasteiger partial charge on any atom is 0.264 e. The minimum atomic E-state index is -4.21. The number of benzene rings is 4. The van der Waals surface area contributed by atoms with Crippen LogP contribution in [0.3, 0.4) is 0 Å². The van der Waals surface area contributed by atoms with Crippen molar-refractivity contribution in [2.45, 2.75) is 70.5 Å². The molecular formula is C37H42FN3O4S. The molecule has 4 rings (SSSR count). The Hall–Kier alpha value is -4.50. The minimum Gasteiger partial charge on any atom is -0.350 e. The van der Waals surface area contributed by atoms with Crippen molar-refractivity contribution >= 4 is 27.5 Å². The summed E-state index contributed by atoms with van der Waals surface area (Å²) in [5.41, 5.74) is 2.86. The van der Waals surface area contributed by atoms with Crippen LogP contribution in [0.2, 0.25) is 0 Å². The third-order valence-corrected chi connectivity index (χ3v) is 9.34. The molecule has 0 aliphatic rings. The number of hydrogen-bond donors (Lipinski definition) is 1. The molecule has 9 heteroatoms. The fraction of sp³-hybridized carbons (Fsp3) is 0.297. The van der Waals surface area contributed by atoms with E-state index in [4.69, 9.17) is 0 Å². The van der Waals surface area contributed by atoms with Gasteiger partial charge in [0, 0.05) is 18.5 Å². The van der Waals surface area contributed by atoms with Gasteiger partial charge >= 0.3 is 0 Å². The molecule has 4 aromatic rings. The molecule has 0 saturated heterocycles. The number of para-hydroxylation sites is 1. The van der Waals surface area contributed by atoms with Gasteiger partial charge in [0.1, 0.15) is 18.4 Å². The van der Waals surface area contributed by atoms with E-state index in [1.54, 1.807) is 36.4 Å². The third-order valence-electron chi connectivity index (χ3n) is 7.56. The molecule has 0 heterocycles. The van der Waals surface area contributed by atoms with E-state index in [1.165, 1.54) is 29.2 Å². The monoisotopic (exact) mass is 643 g/mol. The number of halogens is 1. The highest BCUT2D eigenvalue weighted by atomic mass is 32.2. The first-order valence-electron chi connectivity index (χ1n) is 15.4. The standard InChI is InChI=1S/C37H42FN3O4S/c1-6-30-14-10-11-15-33(30)41(46(44,45)32-22-16-27(2)17-23-32)26-35(42)40(25-29-18-20-31(38)21-19-29)34(36(43)39-37(3,4)5)24-28-12-8-7-9-13-28/h7-23,34H,6,24-26H2,1-5H3,(H,39,43)/t34-/m0/s1. The van der Waals surface area contributed by atoms with Crippen LogP contribution in [0.15, 0.2) is 108 Å². The van der Waals surface area contributed by atoms with Crippen molar-refractivity contribution in [1.29, 1.82) is 0 Å². The average molecular weight is 644 g/mol. The van der Waals surface area contributed by atoms with E-state index in [2.05, 4.69) is 5.32 Å². The summed E-state index contributed by atoms with van der Waals surface area (Å²) in [6.45, 7) is 8.76. The molecule has 0 unspecified atom stereocenters. The predicted molar refractivity (Wildman–Crippen MR) is 180 cm³/mol. The zero-order chi connectivity index (χ0) is 33.5. The van der Waals surface area contributed by atoms with Gasteiger partial charge in [-0.3, -0.25) is 13.9 Å². The van der Waals surface area contributed by atoms with Crippen LogP contribution in [0.1, 0.15) is 49.9 Å². The Balaban J connectivity index is 1.84. The molecule has 1 N–H and O–H groups in total. The molecular weight excluding hydrogens is 601 g/mol. The number of hydrogen-bond acceptors (Lipinski definition) is 4. The number of nitrogens with one attached hydrogen (secondary N) is 1. The molecule has 1 atom stereocenters. The van der Waals surface area contributed by atoms with Crippen molar-refractivity contribution in [1.82, 2.24) is 10.2 Å². The second-order valence-corrected chi connectivity index (χ2v) is 14.3. The summed E-state index contributed by atoms with van der Waals surface area (Å²) in [5, 5.41) is 3.01. The molecule has 0 spiro atoms. The van der Waals surface area contributed by atoms with Gasteiger partial charge in [-0.1, -0.05) is 85.3 Å². The Labute approximate surface area is 272 Å². The molecule has 0 aliphatic carbocycles. The molecule has 46 heavy (non-hydrogen) atoms. The molecule has 0 fully saturated rings. The Bertz CT molecular complexity index is 1740. The minimum absolute atomic E-state index is 0.0397. The molecule has 0 aliphatic heterocycles. The van der Waals surface area contributed by atoms with Gasteiger partial charge in [-0.2, -0.15) is 0 Å². The van der Waals surface area contributed by atoms with Gasteiger partial charge in [-0.05, 0) is 81.1 Å². The van der Waals surface area contributed by atoms with Crippen molar-refractivity contribution in [3.63, 3.8) is 0 Å². The smallest absolute Gasteiger partial charge is 0.264 e. The highest BCUT2D eigenvalue weighted by Gasteiger charge is 2.36. The quantitative estimate of drug-likeness (QED) is 0.192. The van der Waals surface area contributed by atoms with E-state index in [0.29, 0.717) is 17.7 Å². The summed E-state index contributed by atoms with van der Waals surface area (Å²) in [6.07, 6.45) is 0.722. The van der Waals surface area contributed by atoms with Gasteiger partial charge in [0.05, 0.1) is 10.6 Å². The van der Waals surface area contributed by atoms with Crippen molar-refractivity contribution in [3.8, 4) is 0 Å². The summed E-state index contributed by atoms with van der Waals surface area (Å²) in [4.78, 5) is 30.0. The van der Waals surface area contributed by atoms with Gasteiger partial charge < -0.3 is 10.2 Å². The summed E-state index contributed by atoms with van der Waals surface area (Å²) >= 11 is 0. The zero-order valence-electron chi connectivity index (χ0n) is 27.0. The van der Waals surface area contributed by atoms with Crippen LogP contribution in [-0.4, -0.2) is 43.3 Å². The molecule has 0 bridgehead atoms. The molecule has 242 valence electrons. The lowest BCUT2D eigenvalue weighted by atomic mass is 10.0. The van der Waals surface area contributed by atoms with Crippen LogP contribution in [0, 0.1) is 12.7 Å². The topological polar surface area (TPSA) is 86.8 Å². The first-order valence-corrected chi connectivity index (χ1v) is 16.8. The summed E-state index contributed by atoms with van der Waals surface area (Å²) in [6, 6.07) is 27.6. The van der Waals surface area contributed by atoms with E-state index in [9.17, 15) is 22.4 Å². The van der Waals surface area contributed by atoms with Crippen molar-refractivity contribution in [2.75, 3.05) is 10.8 Å². The largest absolute Gasteiger partial charge is 0.350 e. The van der Waals surface area contributed by atoms with Gasteiger partial charge in [0.15, 0.2) is 0 Å². The van der Waals surface area contributed by atoms with Crippen LogP contribution in [0.25, 0.3) is 0 Å². The number of nitrogens with zero attached hydrogens (tertiary/aromatic N) is 2. The summed E-state index contributed by atoms with van der Waals surface area (Å²) in [7, 11) is -4.21. The Kier molecular flexibility index (Phi) is 11.0. The van der Waals surface area contributed by atoms with Gasteiger partial charge in [-0.15, -0.1) is 0 Å². The Morgan fingerprint density at radius 3 is 2.04 bits per heavy atom. The van der Waals surface area contributed by atoms with E-state index in [-0.39, 0.29) is 23.8 Å². The lowest BCUT2D eigenvalue weighted by molar-refractivity contribution is -0.140. The van der Waals surface area contributed by atoms with Crippen molar-refractivity contribution < 1.29 is 22.4 Å². The van der Waals surface area contributed by atoms with Crippen LogP contribution in [0.4, 0.5) is 10.1 Å². The summed E-state index contributed by atoms with van der Waals surface area (Å²) < 4.78 is 43.6. The summed E-state index contributed by atoms with van der Waals surface area (Å²) in [5.74, 6) is -1.39. The fourth-order valence-electron chi connectivity index (χ4n) is 5.20. The average Bonchev–Trinajstić information content (AvgIpc) is 3.02. The Morgan fingerprint density at radius 2 is 1.43 bits per heavy atom. The number of rotatable bonds is 12. The van der Waals surface area contributed by atoms with Crippen LogP contribution in [0.5, 0.6) is 0 Å². The first kappa shape index (κ1) is 34.4. The SMILES string of the molecule is CCc1ccccc1N(CC(=O)N(Cc1ccc(F)cc1)[C@@H](Cc1ccccc1)C(=O)NC(C)(C)C)S(=O)(=O)c1ccc(C)cc1. The Morgan fingerprint density at radius 1 is 0.826 bits per heavy atom. The second-order valence-electron chi connectivity index (χ2n) is 12.4. The normalized spacial score (nSPS) is 12.3. The number of aryl methyl sites for hydroxylation is 2. The fourth-order valence-corrected chi connectivity index (χ4v) is 6.65. The van der Waals surface area contributed by atoms with Gasteiger partial charge in [0.2, 0.25) is 11.8 Å². The van der Waals surface area contributed by atoms with Crippen LogP contribution in [-0.2, 0) is 39.0 Å². The van der Waals surface area contributed by atoms with E-state index < -0.39 is 39.9 Å². The highest BCUT2D eigenvalue weighted by molar-refractivity contribution is 7.92. The van der Waals surface area contributed by atoms with Crippen molar-refractivity contribution in [3.05, 3.63) is 131 Å². The molecule has 0 saturated carbocycles. The molecule has 0 aromatic heterocycles. The number of carbonyl (C=O) groups excluding carboxylic acids is 2. The molecule has 0 radical (unpaired) electrons. The van der Waals surface area contributed by atoms with Crippen molar-refractivity contribution in [2.24, 2.45) is 0 Å². The maximum atomic E-state index is 14.6. The number of anilines is 1. The second kappa shape index (κ2) is 14.7. The van der Waals surface area contributed by atoms with Crippen LogP contribution >= 0.6 is 0 Å². The molecule has 4 aromatic carbocycles. The van der Waals surface area contributed by atoms with Gasteiger partial charge in [0.25, 0.3) is 10.0 Å². The highest BCUT2D eigenvalue weighted by Crippen LogP contribution is 2.29. The van der Waals surface area contributed by atoms with Gasteiger partial charge in [-0.25, -0.2) is 12.8 Å². The predicted octanol–water partition coefficient (Wildman–Crippen LogP) is 6.45. The number of amides is 2. The number of carbonyl (C=O) groups is 2. The first-order chi connectivity index (χ1) is 21.8. The number of sulfonamides is 1. The molecule has 2 amide bonds. The van der Waals surface area contributed by atoms with E-state index in [0.717, 1.165) is 21.0 Å². The lowest BCUT2D eigenvalue weighted by Gasteiger charge is -2.35. The third kappa shape index (κ3) is 8.81. The van der Waals surface area contributed by atoms with E-state index >= 15 is 0 Å². The van der Waals surface area contributed by atoms with E-state index in [1.807, 2.05) is 77.1 Å². The lowest BCUT2D eigenvalue weighted by Crippen LogP contribution is -2.56. The van der Waals surface area contributed by atoms with Crippen LogP contribution < -0.4 is 9.62 Å². The molecule has 7 nitrogen and oxygen atoms in total. The maximum absolute atomic E-state index is 14.6.